The van der Waals surface area contributed by atoms with Gasteiger partial charge >= 0.3 is 0 Å². The van der Waals surface area contributed by atoms with E-state index in [2.05, 4.69) is 23.3 Å². The summed E-state index contributed by atoms with van der Waals surface area (Å²) in [6.07, 6.45) is 4.56. The van der Waals surface area contributed by atoms with E-state index in [1.165, 1.54) is 11.1 Å². The van der Waals surface area contributed by atoms with Gasteiger partial charge < -0.3 is 14.8 Å². The molecule has 0 aliphatic heterocycles. The molecule has 2 rings (SSSR count). The van der Waals surface area contributed by atoms with Crippen molar-refractivity contribution in [3.8, 4) is 11.5 Å². The van der Waals surface area contributed by atoms with Crippen molar-refractivity contribution in [1.82, 2.24) is 10.3 Å². The summed E-state index contributed by atoms with van der Waals surface area (Å²) in [6.45, 7) is 3.02. The van der Waals surface area contributed by atoms with Gasteiger partial charge in [-0.3, -0.25) is 4.98 Å². The van der Waals surface area contributed by atoms with Gasteiger partial charge in [0.15, 0.2) is 11.5 Å². The van der Waals surface area contributed by atoms with Crippen molar-refractivity contribution in [2.75, 3.05) is 20.8 Å². The molecule has 0 bridgehead atoms. The second-order valence-electron chi connectivity index (χ2n) is 4.78. The Morgan fingerprint density at radius 3 is 2.38 bits per heavy atom. The van der Waals surface area contributed by atoms with E-state index in [0.29, 0.717) is 0 Å². The summed E-state index contributed by atoms with van der Waals surface area (Å²) in [5.41, 5.74) is 2.44. The van der Waals surface area contributed by atoms with Crippen LogP contribution < -0.4 is 14.8 Å². The summed E-state index contributed by atoms with van der Waals surface area (Å²) in [4.78, 5) is 4.06. The number of ether oxygens (including phenoxy) is 2. The lowest BCUT2D eigenvalue weighted by Crippen LogP contribution is -2.23. The first-order chi connectivity index (χ1) is 10.3. The van der Waals surface area contributed by atoms with E-state index in [1.807, 2.05) is 36.7 Å². The number of nitrogens with zero attached hydrogens (tertiary/aromatic N) is 1. The standard InChI is InChI=1S/C17H22N2O2/c1-4-19-15(11-13-7-9-18-10-8-13)14-5-6-16(20-2)17(12-14)21-3/h5-10,12,15,19H,4,11H2,1-3H3. The van der Waals surface area contributed by atoms with Crippen molar-refractivity contribution < 1.29 is 9.47 Å². The van der Waals surface area contributed by atoms with Gasteiger partial charge in [-0.2, -0.15) is 0 Å². The van der Waals surface area contributed by atoms with Gasteiger partial charge in [-0.1, -0.05) is 13.0 Å². The van der Waals surface area contributed by atoms with Gasteiger partial charge in [0.05, 0.1) is 14.2 Å². The van der Waals surface area contributed by atoms with Gasteiger partial charge in [0.1, 0.15) is 0 Å². The average molecular weight is 286 g/mol. The molecule has 0 saturated heterocycles. The predicted octanol–water partition coefficient (Wildman–Crippen LogP) is 2.99. The Hall–Kier alpha value is -2.07. The Kier molecular flexibility index (Phi) is 5.58. The molecular weight excluding hydrogens is 264 g/mol. The quantitative estimate of drug-likeness (QED) is 0.849. The van der Waals surface area contributed by atoms with Gasteiger partial charge in [-0.05, 0) is 48.4 Å². The fourth-order valence-electron chi connectivity index (χ4n) is 2.38. The number of benzene rings is 1. The van der Waals surface area contributed by atoms with E-state index in [9.17, 15) is 0 Å². The number of hydrogen-bond acceptors (Lipinski definition) is 4. The number of pyridine rings is 1. The van der Waals surface area contributed by atoms with Crippen LogP contribution >= 0.6 is 0 Å². The van der Waals surface area contributed by atoms with Crippen molar-refractivity contribution >= 4 is 0 Å². The van der Waals surface area contributed by atoms with E-state index in [-0.39, 0.29) is 6.04 Å². The Balaban J connectivity index is 2.25. The number of hydrogen-bond donors (Lipinski definition) is 1. The number of likely N-dealkylation sites (N-methyl/N-ethyl adjacent to an activating group) is 1. The van der Waals surface area contributed by atoms with Crippen molar-refractivity contribution in [2.45, 2.75) is 19.4 Å². The van der Waals surface area contributed by atoms with Gasteiger partial charge in [-0.25, -0.2) is 0 Å². The van der Waals surface area contributed by atoms with Gasteiger partial charge in [0, 0.05) is 18.4 Å². The highest BCUT2D eigenvalue weighted by Gasteiger charge is 2.14. The van der Waals surface area contributed by atoms with Crippen molar-refractivity contribution in [2.24, 2.45) is 0 Å². The first-order valence-electron chi connectivity index (χ1n) is 7.12. The monoisotopic (exact) mass is 286 g/mol. The maximum Gasteiger partial charge on any atom is 0.161 e. The number of aromatic nitrogens is 1. The molecule has 1 aromatic heterocycles. The summed E-state index contributed by atoms with van der Waals surface area (Å²) in [5, 5.41) is 3.52. The maximum absolute atomic E-state index is 5.39. The lowest BCUT2D eigenvalue weighted by atomic mass is 9.99. The molecule has 0 saturated carbocycles. The SMILES string of the molecule is CCNC(Cc1ccncc1)c1ccc(OC)c(OC)c1. The van der Waals surface area contributed by atoms with Crippen LogP contribution in [0.4, 0.5) is 0 Å². The topological polar surface area (TPSA) is 43.4 Å². The molecule has 0 radical (unpaired) electrons. The van der Waals surface area contributed by atoms with Crippen molar-refractivity contribution in [3.63, 3.8) is 0 Å². The van der Waals surface area contributed by atoms with Crippen LogP contribution in [0.15, 0.2) is 42.7 Å². The molecular formula is C17H22N2O2. The molecule has 21 heavy (non-hydrogen) atoms. The highest BCUT2D eigenvalue weighted by molar-refractivity contribution is 5.44. The molecule has 4 nitrogen and oxygen atoms in total. The molecule has 4 heteroatoms. The summed E-state index contributed by atoms with van der Waals surface area (Å²) in [7, 11) is 3.31. The predicted molar refractivity (Wildman–Crippen MR) is 83.9 cm³/mol. The van der Waals surface area contributed by atoms with Crippen LogP contribution in [0.3, 0.4) is 0 Å². The zero-order valence-corrected chi connectivity index (χ0v) is 12.8. The van der Waals surface area contributed by atoms with Gasteiger partial charge in [0.2, 0.25) is 0 Å². The molecule has 0 spiro atoms. The Labute approximate surface area is 126 Å². The molecule has 0 amide bonds. The lowest BCUT2D eigenvalue weighted by molar-refractivity contribution is 0.354. The van der Waals surface area contributed by atoms with Crippen LogP contribution in [-0.2, 0) is 6.42 Å². The summed E-state index contributed by atoms with van der Waals surface area (Å²) in [5.74, 6) is 1.51. The molecule has 112 valence electrons. The Morgan fingerprint density at radius 2 is 1.76 bits per heavy atom. The molecule has 1 atom stereocenters. The first kappa shape index (κ1) is 15.3. The largest absolute Gasteiger partial charge is 0.493 e. The third-order valence-corrected chi connectivity index (χ3v) is 3.45. The number of nitrogens with one attached hydrogen (secondary N) is 1. The van der Waals surface area contributed by atoms with Crippen molar-refractivity contribution in [1.29, 1.82) is 0 Å². The Bertz CT molecular complexity index is 558. The first-order valence-corrected chi connectivity index (χ1v) is 7.12. The molecule has 0 fully saturated rings. The van der Waals surface area contributed by atoms with Gasteiger partial charge in [-0.15, -0.1) is 0 Å². The Morgan fingerprint density at radius 1 is 1.05 bits per heavy atom. The van der Waals surface area contributed by atoms with E-state index >= 15 is 0 Å². The fourth-order valence-corrected chi connectivity index (χ4v) is 2.38. The second kappa shape index (κ2) is 7.64. The smallest absolute Gasteiger partial charge is 0.161 e. The summed E-state index contributed by atoms with van der Waals surface area (Å²) >= 11 is 0. The molecule has 1 heterocycles. The zero-order valence-electron chi connectivity index (χ0n) is 12.8. The number of rotatable bonds is 7. The second-order valence-corrected chi connectivity index (χ2v) is 4.78. The van der Waals surface area contributed by atoms with E-state index in [1.54, 1.807) is 14.2 Å². The molecule has 0 aliphatic rings. The van der Waals surface area contributed by atoms with Crippen LogP contribution in [0.5, 0.6) is 11.5 Å². The van der Waals surface area contributed by atoms with Crippen LogP contribution in [0.1, 0.15) is 24.1 Å². The number of methoxy groups -OCH3 is 2. The highest BCUT2D eigenvalue weighted by atomic mass is 16.5. The highest BCUT2D eigenvalue weighted by Crippen LogP contribution is 2.31. The fraction of sp³-hybridized carbons (Fsp3) is 0.353. The van der Waals surface area contributed by atoms with E-state index in [4.69, 9.17) is 9.47 Å². The normalized spacial score (nSPS) is 12.0. The average Bonchev–Trinajstić information content (AvgIpc) is 2.54. The molecule has 1 unspecified atom stereocenters. The third kappa shape index (κ3) is 3.95. The lowest BCUT2D eigenvalue weighted by Gasteiger charge is -2.20. The molecule has 1 aromatic carbocycles. The molecule has 2 aromatic rings. The minimum absolute atomic E-state index is 0.234. The minimum Gasteiger partial charge on any atom is -0.493 e. The summed E-state index contributed by atoms with van der Waals surface area (Å²) in [6, 6.07) is 10.4. The van der Waals surface area contributed by atoms with Crippen LogP contribution in [-0.4, -0.2) is 25.7 Å². The zero-order chi connectivity index (χ0) is 15.1. The van der Waals surface area contributed by atoms with Crippen LogP contribution in [0.2, 0.25) is 0 Å². The summed E-state index contributed by atoms with van der Waals surface area (Å²) < 4.78 is 10.7. The van der Waals surface area contributed by atoms with E-state index in [0.717, 1.165) is 24.5 Å². The minimum atomic E-state index is 0.234. The van der Waals surface area contributed by atoms with Crippen LogP contribution in [0, 0.1) is 0 Å². The van der Waals surface area contributed by atoms with Crippen molar-refractivity contribution in [3.05, 3.63) is 53.9 Å². The maximum atomic E-state index is 5.39. The molecule has 0 aliphatic carbocycles. The third-order valence-electron chi connectivity index (χ3n) is 3.45. The van der Waals surface area contributed by atoms with Crippen LogP contribution in [0.25, 0.3) is 0 Å². The van der Waals surface area contributed by atoms with Gasteiger partial charge in [0.25, 0.3) is 0 Å². The van der Waals surface area contributed by atoms with E-state index < -0.39 is 0 Å². The molecule has 1 N–H and O–H groups in total.